The molecule has 0 aliphatic heterocycles. The molecule has 0 amide bonds. The van der Waals surface area contributed by atoms with Crippen molar-refractivity contribution >= 4 is 0 Å². The van der Waals surface area contributed by atoms with Crippen LogP contribution in [0.1, 0.15) is 118 Å². The molecule has 0 aliphatic rings. The van der Waals surface area contributed by atoms with Gasteiger partial charge in [-0.2, -0.15) is 0 Å². The quantitative estimate of drug-likeness (QED) is 0.211. The van der Waals surface area contributed by atoms with E-state index in [1.54, 1.807) is 0 Å². The minimum absolute atomic E-state index is 0.777. The maximum Gasteiger partial charge on any atom is 0.0223 e. The van der Waals surface area contributed by atoms with Crippen LogP contribution < -0.4 is 0 Å². The summed E-state index contributed by atoms with van der Waals surface area (Å²) in [6.07, 6.45) is 17.7. The van der Waals surface area contributed by atoms with E-state index >= 15 is 0 Å². The predicted octanol–water partition coefficient (Wildman–Crippen LogP) is 7.13. The molecule has 158 valence electrons. The number of rotatable bonds is 20. The fraction of sp³-hybridized carbons (Fsp3) is 1.00. The average molecular weight is 369 g/mol. The lowest BCUT2D eigenvalue weighted by Gasteiger charge is -2.36. The maximum absolute atomic E-state index is 2.86. The lowest BCUT2D eigenvalue weighted by molar-refractivity contribution is 0.123. The van der Waals surface area contributed by atoms with Gasteiger partial charge in [0.1, 0.15) is 0 Å². The first kappa shape index (κ1) is 25.9. The molecule has 1 atom stereocenters. The first-order chi connectivity index (χ1) is 12.7. The van der Waals surface area contributed by atoms with Gasteiger partial charge in [-0.3, -0.25) is 4.90 Å². The van der Waals surface area contributed by atoms with Crippen LogP contribution in [0.25, 0.3) is 0 Å². The van der Waals surface area contributed by atoms with Gasteiger partial charge in [-0.25, -0.2) is 0 Å². The van der Waals surface area contributed by atoms with E-state index in [1.807, 2.05) is 0 Å². The minimum atomic E-state index is 0.777. The first-order valence-corrected chi connectivity index (χ1v) is 12.2. The van der Waals surface area contributed by atoms with Gasteiger partial charge in [-0.15, -0.1) is 0 Å². The maximum atomic E-state index is 2.86. The van der Waals surface area contributed by atoms with Crippen molar-refractivity contribution in [1.29, 1.82) is 0 Å². The van der Waals surface area contributed by atoms with E-state index in [9.17, 15) is 0 Å². The van der Waals surface area contributed by atoms with Crippen LogP contribution in [0.15, 0.2) is 0 Å². The number of hydrogen-bond acceptors (Lipinski definition) is 2. The van der Waals surface area contributed by atoms with Gasteiger partial charge in [-0.1, -0.05) is 86.0 Å². The van der Waals surface area contributed by atoms with Crippen LogP contribution in [0.4, 0.5) is 0 Å². The van der Waals surface area contributed by atoms with Gasteiger partial charge < -0.3 is 4.90 Å². The number of unbranched alkanes of at least 4 members (excludes halogenated alkanes) is 7. The Balaban J connectivity index is 4.89. The second kappa shape index (κ2) is 19.7. The molecule has 0 fully saturated rings. The van der Waals surface area contributed by atoms with Crippen LogP contribution >= 0.6 is 0 Å². The normalized spacial score (nSPS) is 13.0. The van der Waals surface area contributed by atoms with Gasteiger partial charge >= 0.3 is 0 Å². The van der Waals surface area contributed by atoms with Crippen molar-refractivity contribution in [3.8, 4) is 0 Å². The Kier molecular flexibility index (Phi) is 19.6. The third-order valence-electron chi connectivity index (χ3n) is 5.63. The highest BCUT2D eigenvalue weighted by Crippen LogP contribution is 2.16. The summed E-state index contributed by atoms with van der Waals surface area (Å²) in [7, 11) is 0. The molecular formula is C24H52N2. The Labute approximate surface area is 167 Å². The highest BCUT2D eigenvalue weighted by atomic mass is 15.2. The van der Waals surface area contributed by atoms with Crippen molar-refractivity contribution in [2.75, 3.05) is 32.7 Å². The molecule has 0 saturated heterocycles. The van der Waals surface area contributed by atoms with Crippen molar-refractivity contribution in [3.63, 3.8) is 0 Å². The van der Waals surface area contributed by atoms with Crippen LogP contribution in [0, 0.1) is 0 Å². The molecule has 0 heterocycles. The first-order valence-electron chi connectivity index (χ1n) is 12.2. The van der Waals surface area contributed by atoms with Gasteiger partial charge in [0.15, 0.2) is 0 Å². The molecule has 0 rings (SSSR count). The third-order valence-corrected chi connectivity index (χ3v) is 5.63. The average Bonchev–Trinajstić information content (AvgIpc) is 2.66. The van der Waals surface area contributed by atoms with Crippen LogP contribution in [-0.4, -0.2) is 48.6 Å². The van der Waals surface area contributed by atoms with E-state index in [2.05, 4.69) is 44.4 Å². The molecule has 0 spiro atoms. The fourth-order valence-corrected chi connectivity index (χ4v) is 3.75. The fourth-order valence-electron chi connectivity index (χ4n) is 3.75. The van der Waals surface area contributed by atoms with Crippen LogP contribution in [-0.2, 0) is 0 Å². The summed E-state index contributed by atoms with van der Waals surface area (Å²) in [6, 6.07) is 0.777. The van der Waals surface area contributed by atoms with E-state index in [0.29, 0.717) is 0 Å². The summed E-state index contributed by atoms with van der Waals surface area (Å²) in [6.45, 7) is 18.2. The van der Waals surface area contributed by atoms with Gasteiger partial charge in [0.05, 0.1) is 0 Å². The summed E-state index contributed by atoms with van der Waals surface area (Å²) < 4.78 is 0. The smallest absolute Gasteiger partial charge is 0.0223 e. The summed E-state index contributed by atoms with van der Waals surface area (Å²) in [4.78, 5) is 5.66. The molecule has 0 aromatic heterocycles. The van der Waals surface area contributed by atoms with Gasteiger partial charge in [0, 0.05) is 12.6 Å². The van der Waals surface area contributed by atoms with Gasteiger partial charge in [-0.05, 0) is 58.3 Å². The van der Waals surface area contributed by atoms with Crippen molar-refractivity contribution in [3.05, 3.63) is 0 Å². The van der Waals surface area contributed by atoms with E-state index in [4.69, 9.17) is 0 Å². The van der Waals surface area contributed by atoms with Crippen molar-refractivity contribution in [2.45, 2.75) is 124 Å². The highest BCUT2D eigenvalue weighted by Gasteiger charge is 2.20. The largest absolute Gasteiger partial charge is 0.302 e. The zero-order valence-corrected chi connectivity index (χ0v) is 19.2. The van der Waals surface area contributed by atoms with Crippen LogP contribution in [0.2, 0.25) is 0 Å². The molecule has 0 aromatic rings. The topological polar surface area (TPSA) is 6.48 Å². The molecule has 0 aromatic carbocycles. The van der Waals surface area contributed by atoms with Crippen LogP contribution in [0.3, 0.4) is 0 Å². The van der Waals surface area contributed by atoms with Gasteiger partial charge in [0.25, 0.3) is 0 Å². The molecule has 0 N–H and O–H groups in total. The van der Waals surface area contributed by atoms with E-state index in [1.165, 1.54) is 116 Å². The molecule has 0 bridgehead atoms. The van der Waals surface area contributed by atoms with Gasteiger partial charge in [0.2, 0.25) is 0 Å². The molecule has 2 heteroatoms. The SMILES string of the molecule is CCCCCC[C@@H](CN(CCCC)CCCC)N(CCCC)CCCC. The lowest BCUT2D eigenvalue weighted by Crippen LogP contribution is -2.45. The zero-order chi connectivity index (χ0) is 19.5. The highest BCUT2D eigenvalue weighted by molar-refractivity contribution is 4.77. The summed E-state index contributed by atoms with van der Waals surface area (Å²) in [5.74, 6) is 0. The second-order valence-corrected chi connectivity index (χ2v) is 8.25. The summed E-state index contributed by atoms with van der Waals surface area (Å²) in [5, 5.41) is 0. The Bertz CT molecular complexity index is 251. The Hall–Kier alpha value is -0.0800. The second-order valence-electron chi connectivity index (χ2n) is 8.25. The molecule has 0 unspecified atom stereocenters. The van der Waals surface area contributed by atoms with E-state index < -0.39 is 0 Å². The van der Waals surface area contributed by atoms with E-state index in [-0.39, 0.29) is 0 Å². The third kappa shape index (κ3) is 14.0. The molecule has 0 saturated carbocycles. The Morgan fingerprint density at radius 1 is 0.500 bits per heavy atom. The minimum Gasteiger partial charge on any atom is -0.302 e. The molecule has 2 nitrogen and oxygen atoms in total. The predicted molar refractivity (Wildman–Crippen MR) is 120 cm³/mol. The molecule has 26 heavy (non-hydrogen) atoms. The molecule has 0 aliphatic carbocycles. The Morgan fingerprint density at radius 2 is 0.962 bits per heavy atom. The van der Waals surface area contributed by atoms with Crippen LogP contribution in [0.5, 0.6) is 0 Å². The number of nitrogens with zero attached hydrogens (tertiary/aromatic N) is 2. The monoisotopic (exact) mass is 368 g/mol. The van der Waals surface area contributed by atoms with Crippen molar-refractivity contribution in [2.24, 2.45) is 0 Å². The lowest BCUT2D eigenvalue weighted by atomic mass is 10.0. The summed E-state index contributed by atoms with van der Waals surface area (Å²) in [5.41, 5.74) is 0. The summed E-state index contributed by atoms with van der Waals surface area (Å²) >= 11 is 0. The standard InChI is InChI=1S/C24H52N2/c1-6-11-16-17-18-24(26(21-14-9-4)22-15-10-5)23-25(19-12-7-2)20-13-8-3/h24H,6-23H2,1-5H3/t24-/m0/s1. The molecular weight excluding hydrogens is 316 g/mol. The molecule has 0 radical (unpaired) electrons. The van der Waals surface area contributed by atoms with E-state index in [0.717, 1.165) is 6.04 Å². The van der Waals surface area contributed by atoms with Crippen molar-refractivity contribution in [1.82, 2.24) is 9.80 Å². The zero-order valence-electron chi connectivity index (χ0n) is 19.2. The Morgan fingerprint density at radius 3 is 1.42 bits per heavy atom. The number of hydrogen-bond donors (Lipinski definition) is 0. The van der Waals surface area contributed by atoms with Crippen molar-refractivity contribution < 1.29 is 0 Å².